The Morgan fingerprint density at radius 3 is 2.37 bits per heavy atom. The van der Waals surface area contributed by atoms with E-state index in [0.717, 1.165) is 17.1 Å². The van der Waals surface area contributed by atoms with Crippen LogP contribution in [-0.2, 0) is 6.54 Å². The number of rotatable bonds is 6. The van der Waals surface area contributed by atoms with Gasteiger partial charge in [-0.15, -0.1) is 0 Å². The van der Waals surface area contributed by atoms with Gasteiger partial charge >= 0.3 is 0 Å². The van der Waals surface area contributed by atoms with Gasteiger partial charge in [0.15, 0.2) is 0 Å². The van der Waals surface area contributed by atoms with Gasteiger partial charge < -0.3 is 15.5 Å². The van der Waals surface area contributed by atoms with Crippen molar-refractivity contribution < 1.29 is 4.79 Å². The highest BCUT2D eigenvalue weighted by atomic mass is 16.1. The van der Waals surface area contributed by atoms with Crippen molar-refractivity contribution in [1.29, 1.82) is 0 Å². The number of carbonyl (C=O) groups is 1. The molecule has 0 aliphatic heterocycles. The topological polar surface area (TPSA) is 57.3 Å². The molecule has 0 fully saturated rings. The van der Waals surface area contributed by atoms with Crippen molar-refractivity contribution in [3.63, 3.8) is 0 Å². The number of hydrogen-bond donors (Lipinski definition) is 2. The molecule has 0 saturated heterocycles. The fourth-order valence-corrected chi connectivity index (χ4v) is 2.70. The summed E-state index contributed by atoms with van der Waals surface area (Å²) in [7, 11) is 3.96. The van der Waals surface area contributed by atoms with Gasteiger partial charge in [0.05, 0.1) is 11.9 Å². The normalized spacial score (nSPS) is 10.3. The molecular formula is C22H24N4O. The van der Waals surface area contributed by atoms with Crippen LogP contribution in [0.25, 0.3) is 0 Å². The number of anilines is 3. The predicted octanol–water partition coefficient (Wildman–Crippen LogP) is 4.32. The zero-order valence-corrected chi connectivity index (χ0v) is 15.9. The van der Waals surface area contributed by atoms with E-state index in [4.69, 9.17) is 0 Å². The van der Waals surface area contributed by atoms with Crippen LogP contribution in [0.5, 0.6) is 0 Å². The van der Waals surface area contributed by atoms with Crippen LogP contribution in [0.2, 0.25) is 0 Å². The highest BCUT2D eigenvalue weighted by Crippen LogP contribution is 2.17. The first-order valence-electron chi connectivity index (χ1n) is 8.85. The molecule has 2 N–H and O–H groups in total. The number of nitrogens with zero attached hydrogens (tertiary/aromatic N) is 2. The van der Waals surface area contributed by atoms with E-state index in [1.54, 1.807) is 12.3 Å². The maximum Gasteiger partial charge on any atom is 0.274 e. The van der Waals surface area contributed by atoms with Crippen LogP contribution < -0.4 is 15.5 Å². The molecule has 0 radical (unpaired) electrons. The molecule has 1 heterocycles. The summed E-state index contributed by atoms with van der Waals surface area (Å²) in [5.74, 6) is -0.224. The Bertz CT molecular complexity index is 902. The van der Waals surface area contributed by atoms with Gasteiger partial charge in [0.1, 0.15) is 5.69 Å². The fourth-order valence-electron chi connectivity index (χ4n) is 2.70. The number of amides is 1. The van der Waals surface area contributed by atoms with Gasteiger partial charge in [0.25, 0.3) is 5.91 Å². The summed E-state index contributed by atoms with van der Waals surface area (Å²) in [6.07, 6.45) is 1.68. The van der Waals surface area contributed by atoms with Gasteiger partial charge in [-0.05, 0) is 48.9 Å². The first kappa shape index (κ1) is 18.5. The highest BCUT2D eigenvalue weighted by Gasteiger charge is 2.08. The molecule has 0 atom stereocenters. The van der Waals surface area contributed by atoms with E-state index in [1.807, 2.05) is 55.4 Å². The molecule has 0 bridgehead atoms. The second-order valence-corrected chi connectivity index (χ2v) is 6.67. The smallest absolute Gasteiger partial charge is 0.274 e. The SMILES string of the molecule is Cc1cccc(CNc2ccc(C(=O)Nc3ccc(N(C)C)cc3)nc2)c1. The molecule has 5 heteroatoms. The van der Waals surface area contributed by atoms with Crippen molar-refractivity contribution in [2.75, 3.05) is 29.6 Å². The van der Waals surface area contributed by atoms with E-state index >= 15 is 0 Å². The summed E-state index contributed by atoms with van der Waals surface area (Å²) in [5, 5.41) is 6.19. The summed E-state index contributed by atoms with van der Waals surface area (Å²) < 4.78 is 0. The van der Waals surface area contributed by atoms with E-state index in [0.29, 0.717) is 12.2 Å². The van der Waals surface area contributed by atoms with E-state index in [2.05, 4.69) is 40.7 Å². The summed E-state index contributed by atoms with van der Waals surface area (Å²) in [6, 6.07) is 19.6. The number of aromatic nitrogens is 1. The molecule has 0 spiro atoms. The van der Waals surface area contributed by atoms with Crippen LogP contribution in [0.1, 0.15) is 21.6 Å². The van der Waals surface area contributed by atoms with E-state index in [1.165, 1.54) is 11.1 Å². The third kappa shape index (κ3) is 5.07. The summed E-state index contributed by atoms with van der Waals surface area (Å²) in [5.41, 5.74) is 5.52. The van der Waals surface area contributed by atoms with Gasteiger partial charge in [-0.1, -0.05) is 29.8 Å². The second kappa shape index (κ2) is 8.36. The average Bonchev–Trinajstić information content (AvgIpc) is 2.67. The van der Waals surface area contributed by atoms with Crippen LogP contribution >= 0.6 is 0 Å². The molecule has 3 rings (SSSR count). The molecule has 2 aromatic carbocycles. The Morgan fingerprint density at radius 1 is 1.00 bits per heavy atom. The molecule has 1 aromatic heterocycles. The molecule has 0 unspecified atom stereocenters. The maximum absolute atomic E-state index is 12.4. The van der Waals surface area contributed by atoms with E-state index < -0.39 is 0 Å². The largest absolute Gasteiger partial charge is 0.380 e. The van der Waals surface area contributed by atoms with Gasteiger partial charge in [-0.25, -0.2) is 4.98 Å². The van der Waals surface area contributed by atoms with E-state index in [-0.39, 0.29) is 5.91 Å². The Kier molecular flexibility index (Phi) is 5.71. The lowest BCUT2D eigenvalue weighted by molar-refractivity contribution is 0.102. The highest BCUT2D eigenvalue weighted by molar-refractivity contribution is 6.03. The van der Waals surface area contributed by atoms with Gasteiger partial charge in [0, 0.05) is 32.0 Å². The van der Waals surface area contributed by atoms with E-state index in [9.17, 15) is 4.79 Å². The lowest BCUT2D eigenvalue weighted by Crippen LogP contribution is -2.14. The van der Waals surface area contributed by atoms with Crippen molar-refractivity contribution in [2.24, 2.45) is 0 Å². The lowest BCUT2D eigenvalue weighted by Gasteiger charge is -2.13. The van der Waals surface area contributed by atoms with Crippen LogP contribution in [0.4, 0.5) is 17.1 Å². The molecule has 27 heavy (non-hydrogen) atoms. The number of hydrogen-bond acceptors (Lipinski definition) is 4. The van der Waals surface area contributed by atoms with Gasteiger partial charge in [-0.3, -0.25) is 4.79 Å². The molecule has 0 aliphatic rings. The predicted molar refractivity (Wildman–Crippen MR) is 111 cm³/mol. The molecule has 0 saturated carbocycles. The fraction of sp³-hybridized carbons (Fsp3) is 0.182. The minimum Gasteiger partial charge on any atom is -0.380 e. The number of benzene rings is 2. The first-order valence-corrected chi connectivity index (χ1v) is 8.85. The lowest BCUT2D eigenvalue weighted by atomic mass is 10.1. The summed E-state index contributed by atoms with van der Waals surface area (Å²) in [6.45, 7) is 2.79. The minimum atomic E-state index is -0.224. The molecule has 138 valence electrons. The summed E-state index contributed by atoms with van der Waals surface area (Å²) in [4.78, 5) is 18.6. The molecule has 3 aromatic rings. The Labute approximate surface area is 160 Å². The zero-order chi connectivity index (χ0) is 19.2. The van der Waals surface area contributed by atoms with Crippen LogP contribution in [0, 0.1) is 6.92 Å². The number of nitrogens with one attached hydrogen (secondary N) is 2. The summed E-state index contributed by atoms with van der Waals surface area (Å²) >= 11 is 0. The minimum absolute atomic E-state index is 0.224. The Hall–Kier alpha value is -3.34. The molecule has 0 aliphatic carbocycles. The Morgan fingerprint density at radius 2 is 1.74 bits per heavy atom. The quantitative estimate of drug-likeness (QED) is 0.687. The molecule has 1 amide bonds. The van der Waals surface area contributed by atoms with Gasteiger partial charge in [0.2, 0.25) is 0 Å². The van der Waals surface area contributed by atoms with Crippen molar-refractivity contribution in [1.82, 2.24) is 4.98 Å². The third-order valence-electron chi connectivity index (χ3n) is 4.22. The van der Waals surface area contributed by atoms with Crippen molar-refractivity contribution >= 4 is 23.0 Å². The standard InChI is InChI=1S/C22H24N4O/c1-16-5-4-6-17(13-16)14-23-19-9-12-21(24-15-19)22(27)25-18-7-10-20(11-8-18)26(2)3/h4-13,15,23H,14H2,1-3H3,(H,25,27). The van der Waals surface area contributed by atoms with Crippen molar-refractivity contribution in [2.45, 2.75) is 13.5 Å². The Balaban J connectivity index is 1.58. The number of carbonyl (C=O) groups excluding carboxylic acids is 1. The maximum atomic E-state index is 12.4. The second-order valence-electron chi connectivity index (χ2n) is 6.67. The zero-order valence-electron chi connectivity index (χ0n) is 15.9. The van der Waals surface area contributed by atoms with Crippen molar-refractivity contribution in [3.8, 4) is 0 Å². The third-order valence-corrected chi connectivity index (χ3v) is 4.22. The van der Waals surface area contributed by atoms with Crippen LogP contribution in [-0.4, -0.2) is 25.0 Å². The van der Waals surface area contributed by atoms with Crippen molar-refractivity contribution in [3.05, 3.63) is 83.7 Å². The number of aryl methyl sites for hydroxylation is 1. The monoisotopic (exact) mass is 360 g/mol. The molecular weight excluding hydrogens is 336 g/mol. The molecule has 5 nitrogen and oxygen atoms in total. The average molecular weight is 360 g/mol. The van der Waals surface area contributed by atoms with Crippen LogP contribution in [0.3, 0.4) is 0 Å². The first-order chi connectivity index (χ1) is 13.0. The van der Waals surface area contributed by atoms with Gasteiger partial charge in [-0.2, -0.15) is 0 Å². The van der Waals surface area contributed by atoms with Crippen LogP contribution in [0.15, 0.2) is 66.9 Å². The number of pyridine rings is 1.